The highest BCUT2D eigenvalue weighted by atomic mass is 32.2. The van der Waals surface area contributed by atoms with Crippen molar-refractivity contribution >= 4 is 44.6 Å². The lowest BCUT2D eigenvalue weighted by Crippen LogP contribution is -2.59. The Hall–Kier alpha value is -4.20. The van der Waals surface area contributed by atoms with Crippen LogP contribution in [-0.4, -0.2) is 84.2 Å². The lowest BCUT2D eigenvalue weighted by molar-refractivity contribution is -0.142. The van der Waals surface area contributed by atoms with E-state index in [0.29, 0.717) is 25.1 Å². The van der Waals surface area contributed by atoms with Crippen LogP contribution in [0.1, 0.15) is 76.2 Å². The van der Waals surface area contributed by atoms with E-state index in [1.807, 2.05) is 12.1 Å². The lowest BCUT2D eigenvalue weighted by atomic mass is 9.96. The Balaban J connectivity index is 1.20. The molecule has 4 fully saturated rings. The summed E-state index contributed by atoms with van der Waals surface area (Å²) in [6.45, 7) is 4.04. The minimum atomic E-state index is -3.87. The molecule has 1 unspecified atom stereocenters. The highest BCUT2D eigenvalue weighted by Gasteiger charge is 2.62. The number of benzene rings is 1. The van der Waals surface area contributed by atoms with Gasteiger partial charge in [0, 0.05) is 23.9 Å². The second-order valence-electron chi connectivity index (χ2n) is 14.4. The van der Waals surface area contributed by atoms with E-state index in [-0.39, 0.29) is 31.9 Å². The van der Waals surface area contributed by atoms with Crippen molar-refractivity contribution in [2.45, 2.75) is 106 Å². The van der Waals surface area contributed by atoms with Crippen molar-refractivity contribution in [2.24, 2.45) is 11.8 Å². The molecule has 2 aromatic rings. The van der Waals surface area contributed by atoms with E-state index in [1.54, 1.807) is 6.20 Å². The van der Waals surface area contributed by atoms with E-state index in [2.05, 4.69) is 39.1 Å². The molecule has 5 aliphatic rings. The van der Waals surface area contributed by atoms with Gasteiger partial charge in [0.05, 0.1) is 18.4 Å². The van der Waals surface area contributed by atoms with Crippen molar-refractivity contribution in [3.63, 3.8) is 0 Å². The third kappa shape index (κ3) is 7.03. The molecule has 4 amide bonds. The van der Waals surface area contributed by atoms with Gasteiger partial charge in [0.1, 0.15) is 23.7 Å². The standard InChI is InChI=1S/C36H45N5O8S/c1-2-25-20-36(25,34(44)40-50(46,47)27-13-14-27)39-31(42)29-19-26-21-41(29)33(43)30(24-9-5-6-10-24)38-35(45)48-17-7-3-4-8-22-11-12-23-15-16-37-32(49-26)28(23)18-22/h2,11-12,15-16,18,24-27,29-30H,1,3-10,13-14,17,19-21H2,(H,38,45)(H,39,42)(H,40,44)/t25?,26-,29+,30+,36-/m1/s1. The average Bonchev–Trinajstić information content (AvgIpc) is 3.97. The predicted molar refractivity (Wildman–Crippen MR) is 183 cm³/mol. The summed E-state index contributed by atoms with van der Waals surface area (Å²) in [4.78, 5) is 61.2. The van der Waals surface area contributed by atoms with Gasteiger partial charge in [-0.25, -0.2) is 18.2 Å². The number of alkyl carbamates (subject to hydrolysis) is 1. The Morgan fingerprint density at radius 3 is 2.60 bits per heavy atom. The number of amides is 4. The Kier molecular flexibility index (Phi) is 9.48. The summed E-state index contributed by atoms with van der Waals surface area (Å²) < 4.78 is 39.5. The van der Waals surface area contributed by atoms with E-state index in [4.69, 9.17) is 9.47 Å². The number of pyridine rings is 1. The molecule has 1 saturated heterocycles. The van der Waals surface area contributed by atoms with Gasteiger partial charge in [-0.3, -0.25) is 19.1 Å². The Morgan fingerprint density at radius 1 is 1.06 bits per heavy atom. The number of nitrogens with one attached hydrogen (secondary N) is 3. The number of fused-ring (bicyclic) bond motifs is 3. The van der Waals surface area contributed by atoms with Gasteiger partial charge in [0.15, 0.2) is 0 Å². The molecule has 1 aromatic heterocycles. The first-order chi connectivity index (χ1) is 24.1. The molecule has 13 nitrogen and oxygen atoms in total. The third-order valence-electron chi connectivity index (χ3n) is 10.9. The molecular formula is C36H45N5O8S. The first kappa shape index (κ1) is 34.3. The zero-order chi connectivity index (χ0) is 35.0. The quantitative estimate of drug-likeness (QED) is 0.365. The second-order valence-corrected chi connectivity index (χ2v) is 16.4. The van der Waals surface area contributed by atoms with Crippen LogP contribution < -0.4 is 20.1 Å². The monoisotopic (exact) mass is 707 g/mol. The lowest BCUT2D eigenvalue weighted by Gasteiger charge is -2.32. The summed E-state index contributed by atoms with van der Waals surface area (Å²) in [5.74, 6) is -2.08. The molecular weight excluding hydrogens is 662 g/mol. The maximum atomic E-state index is 14.5. The van der Waals surface area contributed by atoms with Crippen LogP contribution in [0.15, 0.2) is 43.1 Å². The smallest absolute Gasteiger partial charge is 0.407 e. The number of ether oxygens (including phenoxy) is 2. The van der Waals surface area contributed by atoms with Crippen LogP contribution in [0.4, 0.5) is 4.79 Å². The number of aryl methyl sites for hydroxylation is 1. The number of aromatic nitrogens is 1. The molecule has 4 bridgehead atoms. The fraction of sp³-hybridized carbons (Fsp3) is 0.583. The van der Waals surface area contributed by atoms with Crippen molar-refractivity contribution in [1.29, 1.82) is 0 Å². The Labute approximate surface area is 292 Å². The molecule has 268 valence electrons. The largest absolute Gasteiger partial charge is 0.472 e. The molecule has 7 rings (SSSR count). The van der Waals surface area contributed by atoms with Crippen LogP contribution in [0, 0.1) is 11.8 Å². The van der Waals surface area contributed by atoms with Gasteiger partial charge in [0.2, 0.25) is 27.7 Å². The SMILES string of the molecule is C=CC1C[C@]1(NC(=O)[C@@H]1C[C@@H]2CN1C(=O)[C@H](C1CCCC1)NC(=O)OCCCCCc1ccc3ccnc(c3c1)O2)C(=O)NS(=O)(=O)C1CC1. The van der Waals surface area contributed by atoms with Crippen LogP contribution in [0.2, 0.25) is 0 Å². The van der Waals surface area contributed by atoms with Gasteiger partial charge >= 0.3 is 6.09 Å². The van der Waals surface area contributed by atoms with Gasteiger partial charge in [-0.1, -0.05) is 31.1 Å². The van der Waals surface area contributed by atoms with Crippen LogP contribution in [0.5, 0.6) is 5.88 Å². The number of nitrogens with zero attached hydrogens (tertiary/aromatic N) is 2. The maximum absolute atomic E-state index is 14.5. The fourth-order valence-corrected chi connectivity index (χ4v) is 9.15. The van der Waals surface area contributed by atoms with Crippen molar-refractivity contribution in [2.75, 3.05) is 13.2 Å². The number of carbonyl (C=O) groups excluding carboxylic acids is 4. The summed E-state index contributed by atoms with van der Waals surface area (Å²) in [6.07, 6.45) is 9.68. The van der Waals surface area contributed by atoms with Crippen molar-refractivity contribution < 1.29 is 37.1 Å². The normalized spacial score (nSPS) is 29.3. The molecule has 3 aliphatic carbocycles. The van der Waals surface area contributed by atoms with Crippen molar-refractivity contribution in [1.82, 2.24) is 25.2 Å². The number of rotatable bonds is 7. The first-order valence-corrected chi connectivity index (χ1v) is 19.4. The van der Waals surface area contributed by atoms with Gasteiger partial charge in [-0.05, 0) is 86.8 Å². The molecule has 0 spiro atoms. The molecule has 1 aromatic carbocycles. The molecule has 3 saturated carbocycles. The Morgan fingerprint density at radius 2 is 1.86 bits per heavy atom. The van der Waals surface area contributed by atoms with Crippen LogP contribution in [0.3, 0.4) is 0 Å². The molecule has 2 aliphatic heterocycles. The van der Waals surface area contributed by atoms with Gasteiger partial charge in [-0.15, -0.1) is 6.58 Å². The van der Waals surface area contributed by atoms with E-state index < -0.39 is 68.7 Å². The average molecular weight is 708 g/mol. The van der Waals surface area contributed by atoms with Gasteiger partial charge < -0.3 is 25.0 Å². The van der Waals surface area contributed by atoms with Crippen molar-refractivity contribution in [3.8, 4) is 5.88 Å². The minimum Gasteiger partial charge on any atom is -0.472 e. The predicted octanol–water partition coefficient (Wildman–Crippen LogP) is 3.26. The first-order valence-electron chi connectivity index (χ1n) is 17.9. The molecule has 5 atom stereocenters. The van der Waals surface area contributed by atoms with Crippen LogP contribution >= 0.6 is 0 Å². The highest BCUT2D eigenvalue weighted by molar-refractivity contribution is 7.91. The van der Waals surface area contributed by atoms with E-state index in [1.165, 1.54) is 11.0 Å². The number of cyclic esters (lactones) is 1. The zero-order valence-corrected chi connectivity index (χ0v) is 28.9. The van der Waals surface area contributed by atoms with Crippen LogP contribution in [-0.2, 0) is 35.6 Å². The van der Waals surface area contributed by atoms with Crippen molar-refractivity contribution in [3.05, 3.63) is 48.7 Å². The van der Waals surface area contributed by atoms with E-state index >= 15 is 0 Å². The minimum absolute atomic E-state index is 0.0365. The van der Waals surface area contributed by atoms with Gasteiger partial charge in [-0.2, -0.15) is 0 Å². The number of hydrogen-bond acceptors (Lipinski definition) is 9. The third-order valence-corrected chi connectivity index (χ3v) is 12.7. The van der Waals surface area contributed by atoms with E-state index in [0.717, 1.165) is 61.3 Å². The summed E-state index contributed by atoms with van der Waals surface area (Å²) >= 11 is 0. The topological polar surface area (TPSA) is 173 Å². The summed E-state index contributed by atoms with van der Waals surface area (Å²) in [5.41, 5.74) is -0.398. The molecule has 3 heterocycles. The highest BCUT2D eigenvalue weighted by Crippen LogP contribution is 2.45. The molecule has 3 N–H and O–H groups in total. The number of sulfonamides is 1. The summed E-state index contributed by atoms with van der Waals surface area (Å²) in [6, 6.07) is 6.08. The van der Waals surface area contributed by atoms with Crippen LogP contribution in [0.25, 0.3) is 10.8 Å². The number of carbonyl (C=O) groups is 4. The molecule has 14 heteroatoms. The second kappa shape index (κ2) is 13.8. The zero-order valence-electron chi connectivity index (χ0n) is 28.1. The fourth-order valence-electron chi connectivity index (χ4n) is 7.78. The Bertz CT molecular complexity index is 1790. The summed E-state index contributed by atoms with van der Waals surface area (Å²) in [5, 5.41) is 6.82. The maximum Gasteiger partial charge on any atom is 0.407 e. The van der Waals surface area contributed by atoms with E-state index in [9.17, 15) is 27.6 Å². The summed E-state index contributed by atoms with van der Waals surface area (Å²) in [7, 11) is -3.87. The molecule has 50 heavy (non-hydrogen) atoms. The molecule has 0 radical (unpaired) electrons. The number of hydrogen-bond donors (Lipinski definition) is 3. The van der Waals surface area contributed by atoms with Gasteiger partial charge in [0.25, 0.3) is 5.91 Å².